The summed E-state index contributed by atoms with van der Waals surface area (Å²) >= 11 is 0. The monoisotopic (exact) mass is 463 g/mol. The van der Waals surface area contributed by atoms with Gasteiger partial charge in [0.15, 0.2) is 0 Å². The van der Waals surface area contributed by atoms with Crippen LogP contribution < -0.4 is 5.32 Å². The van der Waals surface area contributed by atoms with Gasteiger partial charge in [-0.15, -0.1) is 0 Å². The minimum absolute atomic E-state index is 0.0109. The number of nitrogens with one attached hydrogen (secondary N) is 1. The standard InChI is InChI=1S/C27H30FN3O3/c1-18-2-8-21(9-3-18)24(32)30-14-12-22(13-15-30)27(16-19-6-10-23(28)11-7-19)25(33)31(26(34)29-27)17-20-4-5-20/h2-3,6-11,20,22H,4-5,12-17H2,1H3,(H,29,34)/t27-/m0/s1. The first-order valence-corrected chi connectivity index (χ1v) is 12.1. The fraction of sp³-hybridized carbons (Fsp3) is 0.444. The van der Waals surface area contributed by atoms with Crippen molar-refractivity contribution in [3.63, 3.8) is 0 Å². The highest BCUT2D eigenvalue weighted by molar-refractivity contribution is 6.07. The molecular formula is C27H30FN3O3. The van der Waals surface area contributed by atoms with Crippen LogP contribution in [0.15, 0.2) is 48.5 Å². The van der Waals surface area contributed by atoms with Crippen LogP contribution in [0.25, 0.3) is 0 Å². The summed E-state index contributed by atoms with van der Waals surface area (Å²) in [6.07, 6.45) is 3.63. The van der Waals surface area contributed by atoms with Gasteiger partial charge in [-0.2, -0.15) is 0 Å². The Morgan fingerprint density at radius 1 is 1.00 bits per heavy atom. The summed E-state index contributed by atoms with van der Waals surface area (Å²) in [5.74, 6) is -0.247. The molecule has 0 bridgehead atoms. The van der Waals surface area contributed by atoms with Gasteiger partial charge in [0.05, 0.1) is 0 Å². The van der Waals surface area contributed by atoms with Gasteiger partial charge in [-0.05, 0) is 74.3 Å². The summed E-state index contributed by atoms with van der Waals surface area (Å²) in [6.45, 7) is 3.49. The van der Waals surface area contributed by atoms with E-state index in [1.54, 1.807) is 12.1 Å². The van der Waals surface area contributed by atoms with Crippen molar-refractivity contribution in [1.29, 1.82) is 0 Å². The molecule has 0 aromatic heterocycles. The Hall–Kier alpha value is -3.22. The van der Waals surface area contributed by atoms with Crippen LogP contribution in [-0.2, 0) is 11.2 Å². The van der Waals surface area contributed by atoms with Gasteiger partial charge in [0.2, 0.25) is 0 Å². The molecule has 4 amide bonds. The number of rotatable bonds is 6. The third-order valence-electron chi connectivity index (χ3n) is 7.51. The number of piperidine rings is 1. The maximum atomic E-state index is 13.7. The first-order valence-electron chi connectivity index (χ1n) is 12.1. The minimum Gasteiger partial charge on any atom is -0.339 e. The van der Waals surface area contributed by atoms with Crippen molar-refractivity contribution in [2.45, 2.75) is 44.6 Å². The lowest BCUT2D eigenvalue weighted by molar-refractivity contribution is -0.134. The lowest BCUT2D eigenvalue weighted by atomic mass is 9.73. The van der Waals surface area contributed by atoms with E-state index in [9.17, 15) is 18.8 Å². The lowest BCUT2D eigenvalue weighted by Gasteiger charge is -2.41. The third-order valence-corrected chi connectivity index (χ3v) is 7.51. The summed E-state index contributed by atoms with van der Waals surface area (Å²) in [5.41, 5.74) is 1.50. The summed E-state index contributed by atoms with van der Waals surface area (Å²) in [6, 6.07) is 13.3. The highest BCUT2D eigenvalue weighted by atomic mass is 19.1. The zero-order valence-corrected chi connectivity index (χ0v) is 19.4. The summed E-state index contributed by atoms with van der Waals surface area (Å²) in [4.78, 5) is 42.8. The number of hydrogen-bond donors (Lipinski definition) is 1. The molecule has 1 aliphatic carbocycles. The number of hydrogen-bond acceptors (Lipinski definition) is 3. The van der Waals surface area contributed by atoms with E-state index in [0.717, 1.165) is 24.0 Å². The van der Waals surface area contributed by atoms with Gasteiger partial charge in [0, 0.05) is 31.6 Å². The number of halogens is 1. The van der Waals surface area contributed by atoms with Crippen LogP contribution in [0.1, 0.15) is 47.2 Å². The second-order valence-electron chi connectivity index (χ2n) is 10.00. The van der Waals surface area contributed by atoms with Gasteiger partial charge in [-0.3, -0.25) is 14.5 Å². The van der Waals surface area contributed by atoms with Gasteiger partial charge in [0.25, 0.3) is 11.8 Å². The number of likely N-dealkylation sites (tertiary alicyclic amines) is 1. The maximum Gasteiger partial charge on any atom is 0.325 e. The highest BCUT2D eigenvalue weighted by Gasteiger charge is 2.56. The van der Waals surface area contributed by atoms with Crippen LogP contribution in [0.4, 0.5) is 9.18 Å². The summed E-state index contributed by atoms with van der Waals surface area (Å²) in [7, 11) is 0. The largest absolute Gasteiger partial charge is 0.339 e. The van der Waals surface area contributed by atoms with Gasteiger partial charge >= 0.3 is 6.03 Å². The van der Waals surface area contributed by atoms with Gasteiger partial charge < -0.3 is 10.2 Å². The van der Waals surface area contributed by atoms with E-state index in [4.69, 9.17) is 0 Å². The molecule has 0 unspecified atom stereocenters. The van der Waals surface area contributed by atoms with Crippen LogP contribution in [0, 0.1) is 24.6 Å². The Morgan fingerprint density at radius 3 is 2.26 bits per heavy atom. The SMILES string of the molecule is Cc1ccc(C(=O)N2CCC([C@]3(Cc4ccc(F)cc4)NC(=O)N(CC4CC4)C3=O)CC2)cc1. The Balaban J connectivity index is 1.36. The smallest absolute Gasteiger partial charge is 0.325 e. The molecule has 2 aliphatic heterocycles. The number of carbonyl (C=O) groups excluding carboxylic acids is 3. The molecule has 6 nitrogen and oxygen atoms in total. The van der Waals surface area contributed by atoms with Crippen LogP contribution in [-0.4, -0.2) is 52.8 Å². The topological polar surface area (TPSA) is 69.7 Å². The Labute approximate surface area is 199 Å². The molecule has 3 aliphatic rings. The molecular weight excluding hydrogens is 433 g/mol. The fourth-order valence-electron chi connectivity index (χ4n) is 5.29. The first-order chi connectivity index (χ1) is 16.4. The Kier molecular flexibility index (Phi) is 5.88. The number of amides is 4. The second kappa shape index (κ2) is 8.85. The van der Waals surface area contributed by atoms with Crippen LogP contribution in [0.2, 0.25) is 0 Å². The molecule has 1 atom stereocenters. The Bertz CT molecular complexity index is 1090. The van der Waals surface area contributed by atoms with Crippen molar-refractivity contribution in [2.75, 3.05) is 19.6 Å². The molecule has 0 radical (unpaired) electrons. The van der Waals surface area contributed by atoms with Crippen LogP contribution >= 0.6 is 0 Å². The summed E-state index contributed by atoms with van der Waals surface area (Å²) < 4.78 is 13.5. The van der Waals surface area contributed by atoms with E-state index in [1.165, 1.54) is 17.0 Å². The van der Waals surface area contributed by atoms with Crippen molar-refractivity contribution in [2.24, 2.45) is 11.8 Å². The zero-order valence-electron chi connectivity index (χ0n) is 19.4. The molecule has 3 fully saturated rings. The van der Waals surface area contributed by atoms with Gasteiger partial charge in [-0.25, -0.2) is 9.18 Å². The third kappa shape index (κ3) is 4.31. The number of carbonyl (C=O) groups is 3. The van der Waals surface area contributed by atoms with Gasteiger partial charge in [0.1, 0.15) is 11.4 Å². The fourth-order valence-corrected chi connectivity index (χ4v) is 5.29. The molecule has 0 spiro atoms. The maximum absolute atomic E-state index is 13.7. The van der Waals surface area contributed by atoms with Crippen molar-refractivity contribution < 1.29 is 18.8 Å². The first kappa shape index (κ1) is 22.6. The minimum atomic E-state index is -1.07. The molecule has 34 heavy (non-hydrogen) atoms. The number of urea groups is 1. The number of benzene rings is 2. The normalized spacial score (nSPS) is 23.4. The molecule has 5 rings (SSSR count). The van der Waals surface area contributed by atoms with Crippen LogP contribution in [0.5, 0.6) is 0 Å². The molecule has 1 N–H and O–H groups in total. The molecule has 2 saturated heterocycles. The molecule has 2 aromatic carbocycles. The zero-order chi connectivity index (χ0) is 23.9. The molecule has 7 heteroatoms. The van der Waals surface area contributed by atoms with Crippen LogP contribution in [0.3, 0.4) is 0 Å². The lowest BCUT2D eigenvalue weighted by Crippen LogP contribution is -2.58. The average Bonchev–Trinajstić information content (AvgIpc) is 3.63. The van der Waals surface area contributed by atoms with E-state index in [0.29, 0.717) is 50.4 Å². The van der Waals surface area contributed by atoms with Crippen molar-refractivity contribution in [3.8, 4) is 0 Å². The average molecular weight is 464 g/mol. The predicted octanol–water partition coefficient (Wildman–Crippen LogP) is 3.93. The van der Waals surface area contributed by atoms with Gasteiger partial charge in [-0.1, -0.05) is 29.8 Å². The van der Waals surface area contributed by atoms with E-state index in [1.807, 2.05) is 36.1 Å². The molecule has 2 heterocycles. The van der Waals surface area contributed by atoms with E-state index >= 15 is 0 Å². The molecule has 1 saturated carbocycles. The molecule has 178 valence electrons. The predicted molar refractivity (Wildman–Crippen MR) is 126 cm³/mol. The van der Waals surface area contributed by atoms with Crippen molar-refractivity contribution in [1.82, 2.24) is 15.1 Å². The summed E-state index contributed by atoms with van der Waals surface area (Å²) in [5, 5.41) is 3.06. The van der Waals surface area contributed by atoms with Crippen molar-refractivity contribution in [3.05, 3.63) is 71.0 Å². The van der Waals surface area contributed by atoms with E-state index in [2.05, 4.69) is 5.32 Å². The quantitative estimate of drug-likeness (QED) is 0.660. The van der Waals surface area contributed by atoms with E-state index < -0.39 is 5.54 Å². The number of aryl methyl sites for hydroxylation is 1. The second-order valence-corrected chi connectivity index (χ2v) is 10.00. The Morgan fingerprint density at radius 2 is 1.65 bits per heavy atom. The highest BCUT2D eigenvalue weighted by Crippen LogP contribution is 2.39. The van der Waals surface area contributed by atoms with Crippen molar-refractivity contribution >= 4 is 17.8 Å². The number of nitrogens with zero attached hydrogens (tertiary/aromatic N) is 2. The number of imide groups is 1. The van der Waals surface area contributed by atoms with E-state index in [-0.39, 0.29) is 29.6 Å². The molecule has 2 aromatic rings.